The lowest BCUT2D eigenvalue weighted by atomic mass is 10.2. The van der Waals surface area contributed by atoms with E-state index in [9.17, 15) is 5.11 Å². The SMILES string of the molecule is CCCN(C)Cc1ccc(O)c(N)c1. The molecule has 0 aliphatic rings. The lowest BCUT2D eigenvalue weighted by molar-refractivity contribution is 0.327. The minimum Gasteiger partial charge on any atom is -0.506 e. The fourth-order valence-corrected chi connectivity index (χ4v) is 1.47. The fraction of sp³-hybridized carbons (Fsp3) is 0.455. The highest BCUT2D eigenvalue weighted by atomic mass is 16.3. The Morgan fingerprint density at radius 3 is 2.71 bits per heavy atom. The molecule has 1 aromatic carbocycles. The van der Waals surface area contributed by atoms with E-state index in [0.29, 0.717) is 5.69 Å². The van der Waals surface area contributed by atoms with Gasteiger partial charge in [0.05, 0.1) is 5.69 Å². The van der Waals surface area contributed by atoms with Crippen molar-refractivity contribution < 1.29 is 5.11 Å². The van der Waals surface area contributed by atoms with Crippen molar-refractivity contribution in [2.45, 2.75) is 19.9 Å². The van der Waals surface area contributed by atoms with E-state index in [4.69, 9.17) is 5.73 Å². The molecule has 14 heavy (non-hydrogen) atoms. The van der Waals surface area contributed by atoms with Crippen LogP contribution < -0.4 is 5.73 Å². The fourth-order valence-electron chi connectivity index (χ4n) is 1.47. The summed E-state index contributed by atoms with van der Waals surface area (Å²) in [5.41, 5.74) is 7.19. The van der Waals surface area contributed by atoms with Gasteiger partial charge < -0.3 is 15.7 Å². The topological polar surface area (TPSA) is 49.5 Å². The zero-order valence-corrected chi connectivity index (χ0v) is 8.83. The Bertz CT molecular complexity index is 299. The Morgan fingerprint density at radius 1 is 1.43 bits per heavy atom. The summed E-state index contributed by atoms with van der Waals surface area (Å²) in [4.78, 5) is 2.23. The van der Waals surface area contributed by atoms with Gasteiger partial charge in [0, 0.05) is 6.54 Å². The van der Waals surface area contributed by atoms with Crippen LogP contribution in [0.15, 0.2) is 18.2 Å². The van der Waals surface area contributed by atoms with Gasteiger partial charge in [0.15, 0.2) is 0 Å². The highest BCUT2D eigenvalue weighted by Gasteiger charge is 2.01. The van der Waals surface area contributed by atoms with Crippen LogP contribution in [-0.4, -0.2) is 23.6 Å². The molecule has 0 heterocycles. The molecule has 0 aliphatic heterocycles. The molecule has 0 aliphatic carbocycles. The van der Waals surface area contributed by atoms with Gasteiger partial charge in [-0.05, 0) is 37.7 Å². The molecular formula is C11H18N2O. The smallest absolute Gasteiger partial charge is 0.138 e. The molecule has 78 valence electrons. The first-order valence-electron chi connectivity index (χ1n) is 4.89. The van der Waals surface area contributed by atoms with Crippen molar-refractivity contribution in [1.29, 1.82) is 0 Å². The molecule has 1 rings (SSSR count). The molecule has 0 spiro atoms. The zero-order valence-electron chi connectivity index (χ0n) is 8.83. The number of aromatic hydroxyl groups is 1. The van der Waals surface area contributed by atoms with E-state index < -0.39 is 0 Å². The first kappa shape index (κ1) is 10.9. The number of hydrogen-bond donors (Lipinski definition) is 2. The summed E-state index contributed by atoms with van der Waals surface area (Å²) in [5, 5.41) is 9.24. The number of hydrogen-bond acceptors (Lipinski definition) is 3. The van der Waals surface area contributed by atoms with E-state index in [1.165, 1.54) is 0 Å². The van der Waals surface area contributed by atoms with Crippen LogP contribution in [-0.2, 0) is 6.54 Å². The van der Waals surface area contributed by atoms with Gasteiger partial charge >= 0.3 is 0 Å². The van der Waals surface area contributed by atoms with Gasteiger partial charge in [0.2, 0.25) is 0 Å². The second-order valence-corrected chi connectivity index (χ2v) is 3.63. The summed E-state index contributed by atoms with van der Waals surface area (Å²) in [6, 6.07) is 5.36. The third kappa shape index (κ3) is 2.92. The minimum atomic E-state index is 0.159. The number of phenols is 1. The molecule has 0 atom stereocenters. The monoisotopic (exact) mass is 194 g/mol. The maximum Gasteiger partial charge on any atom is 0.138 e. The predicted octanol–water partition coefficient (Wildman–Crippen LogP) is 1.82. The molecule has 0 radical (unpaired) electrons. The van der Waals surface area contributed by atoms with Crippen LogP contribution in [0.25, 0.3) is 0 Å². The average Bonchev–Trinajstić information content (AvgIpc) is 2.12. The molecule has 0 unspecified atom stereocenters. The van der Waals surface area contributed by atoms with E-state index >= 15 is 0 Å². The van der Waals surface area contributed by atoms with Crippen molar-refractivity contribution in [2.24, 2.45) is 0 Å². The van der Waals surface area contributed by atoms with Gasteiger partial charge in [-0.15, -0.1) is 0 Å². The number of rotatable bonds is 4. The van der Waals surface area contributed by atoms with Gasteiger partial charge in [0.1, 0.15) is 5.75 Å². The molecule has 3 N–H and O–H groups in total. The number of nitrogen functional groups attached to an aromatic ring is 1. The largest absolute Gasteiger partial charge is 0.506 e. The molecule has 0 bridgehead atoms. The maximum atomic E-state index is 9.24. The van der Waals surface area contributed by atoms with Crippen LogP contribution in [0, 0.1) is 0 Å². The average molecular weight is 194 g/mol. The van der Waals surface area contributed by atoms with Gasteiger partial charge in [0.25, 0.3) is 0 Å². The lowest BCUT2D eigenvalue weighted by Crippen LogP contribution is -2.18. The third-order valence-corrected chi connectivity index (χ3v) is 2.15. The van der Waals surface area contributed by atoms with E-state index in [0.717, 1.165) is 25.1 Å². The number of nitrogens with zero attached hydrogens (tertiary/aromatic N) is 1. The van der Waals surface area contributed by atoms with Crippen LogP contribution in [0.3, 0.4) is 0 Å². The Hall–Kier alpha value is -1.22. The summed E-state index contributed by atoms with van der Waals surface area (Å²) in [6.07, 6.45) is 1.14. The van der Waals surface area contributed by atoms with Gasteiger partial charge in [-0.25, -0.2) is 0 Å². The van der Waals surface area contributed by atoms with Crippen LogP contribution in [0.1, 0.15) is 18.9 Å². The number of anilines is 1. The van der Waals surface area contributed by atoms with Crippen LogP contribution >= 0.6 is 0 Å². The van der Waals surface area contributed by atoms with E-state index in [2.05, 4.69) is 18.9 Å². The molecule has 3 heteroatoms. The molecule has 0 fully saturated rings. The maximum absolute atomic E-state index is 9.24. The van der Waals surface area contributed by atoms with Gasteiger partial charge in [-0.3, -0.25) is 0 Å². The molecule has 0 saturated carbocycles. The normalized spacial score (nSPS) is 10.8. The summed E-state index contributed by atoms with van der Waals surface area (Å²) in [5.74, 6) is 0.159. The number of phenolic OH excluding ortho intramolecular Hbond substituents is 1. The Kier molecular flexibility index (Phi) is 3.77. The molecule has 1 aromatic rings. The summed E-state index contributed by atoms with van der Waals surface area (Å²) < 4.78 is 0. The first-order valence-corrected chi connectivity index (χ1v) is 4.89. The standard InChI is InChI=1S/C11H18N2O/c1-3-6-13(2)8-9-4-5-11(14)10(12)7-9/h4-5,7,14H,3,6,8,12H2,1-2H3. The highest BCUT2D eigenvalue weighted by Crippen LogP contribution is 2.20. The summed E-state index contributed by atoms with van der Waals surface area (Å²) >= 11 is 0. The highest BCUT2D eigenvalue weighted by molar-refractivity contribution is 5.53. The number of benzene rings is 1. The molecule has 0 aromatic heterocycles. The third-order valence-electron chi connectivity index (χ3n) is 2.15. The van der Waals surface area contributed by atoms with Gasteiger partial charge in [-0.1, -0.05) is 13.0 Å². The summed E-state index contributed by atoms with van der Waals surface area (Å²) in [6.45, 7) is 4.10. The summed E-state index contributed by atoms with van der Waals surface area (Å²) in [7, 11) is 2.08. The van der Waals surface area contributed by atoms with Crippen molar-refractivity contribution >= 4 is 5.69 Å². The Morgan fingerprint density at radius 2 is 2.14 bits per heavy atom. The number of nitrogens with two attached hydrogens (primary N) is 1. The lowest BCUT2D eigenvalue weighted by Gasteiger charge is -2.15. The zero-order chi connectivity index (χ0) is 10.6. The molecule has 0 amide bonds. The molecular weight excluding hydrogens is 176 g/mol. The van der Waals surface area contributed by atoms with Crippen molar-refractivity contribution in [3.63, 3.8) is 0 Å². The second kappa shape index (κ2) is 4.86. The van der Waals surface area contributed by atoms with Gasteiger partial charge in [-0.2, -0.15) is 0 Å². The van der Waals surface area contributed by atoms with Crippen molar-refractivity contribution in [1.82, 2.24) is 4.90 Å². The molecule has 0 saturated heterocycles. The van der Waals surface area contributed by atoms with Crippen molar-refractivity contribution in [3.8, 4) is 5.75 Å². The first-order chi connectivity index (χ1) is 6.63. The van der Waals surface area contributed by atoms with E-state index in [-0.39, 0.29) is 5.75 Å². The Labute approximate surface area is 85.2 Å². The second-order valence-electron chi connectivity index (χ2n) is 3.63. The molecule has 3 nitrogen and oxygen atoms in total. The van der Waals surface area contributed by atoms with Crippen LogP contribution in [0.2, 0.25) is 0 Å². The van der Waals surface area contributed by atoms with Crippen LogP contribution in [0.4, 0.5) is 5.69 Å². The minimum absolute atomic E-state index is 0.159. The van der Waals surface area contributed by atoms with Crippen LogP contribution in [0.5, 0.6) is 5.75 Å². The van der Waals surface area contributed by atoms with E-state index in [1.807, 2.05) is 12.1 Å². The predicted molar refractivity (Wildman–Crippen MR) is 59.1 cm³/mol. The Balaban J connectivity index is 2.63. The van der Waals surface area contributed by atoms with Crippen molar-refractivity contribution in [3.05, 3.63) is 23.8 Å². The quantitative estimate of drug-likeness (QED) is 0.567. The van der Waals surface area contributed by atoms with Crippen molar-refractivity contribution in [2.75, 3.05) is 19.3 Å². The van der Waals surface area contributed by atoms with E-state index in [1.54, 1.807) is 6.07 Å².